The number of nitro groups is 1. The lowest BCUT2D eigenvalue weighted by Gasteiger charge is -2.06. The van der Waals surface area contributed by atoms with Crippen LogP contribution in [0.4, 0.5) is 5.69 Å². The van der Waals surface area contributed by atoms with Gasteiger partial charge in [-0.05, 0) is 0 Å². The third kappa shape index (κ3) is 2.34. The second-order valence-electron chi connectivity index (χ2n) is 2.85. The number of nitrogens with zero attached hydrogens (tertiary/aromatic N) is 1. The van der Waals surface area contributed by atoms with Gasteiger partial charge in [0, 0.05) is 6.07 Å². The molecule has 0 heterocycles. The van der Waals surface area contributed by atoms with Crippen LogP contribution in [0.2, 0.25) is 10.0 Å². The molecule has 8 heteroatoms. The van der Waals surface area contributed by atoms with Crippen molar-refractivity contribution in [1.29, 1.82) is 0 Å². The van der Waals surface area contributed by atoms with Gasteiger partial charge in [-0.25, -0.2) is 0 Å². The number of aliphatic carboxylic acids is 1. The van der Waals surface area contributed by atoms with E-state index in [1.54, 1.807) is 0 Å². The summed E-state index contributed by atoms with van der Waals surface area (Å²) in [4.78, 5) is 20.3. The maximum absolute atomic E-state index is 10.6. The number of hydrogen-bond donors (Lipinski definition) is 2. The molecule has 2 N–H and O–H groups in total. The molecule has 0 saturated carbocycles. The van der Waals surface area contributed by atoms with Crippen LogP contribution in [0.1, 0.15) is 5.56 Å². The number of phenolic OH excluding ortho intramolecular Hbond substituents is 1. The highest BCUT2D eigenvalue weighted by Gasteiger charge is 2.24. The van der Waals surface area contributed by atoms with Gasteiger partial charge in [0.25, 0.3) is 5.69 Å². The van der Waals surface area contributed by atoms with Crippen LogP contribution in [0.5, 0.6) is 5.75 Å². The van der Waals surface area contributed by atoms with Crippen LogP contribution in [0.25, 0.3) is 0 Å². The van der Waals surface area contributed by atoms with E-state index in [-0.39, 0.29) is 10.6 Å². The fourth-order valence-corrected chi connectivity index (χ4v) is 1.63. The van der Waals surface area contributed by atoms with Crippen molar-refractivity contribution in [3.63, 3.8) is 0 Å². The maximum atomic E-state index is 10.6. The monoisotopic (exact) mass is 265 g/mol. The Morgan fingerprint density at radius 1 is 1.50 bits per heavy atom. The van der Waals surface area contributed by atoms with Crippen molar-refractivity contribution < 1.29 is 19.9 Å². The van der Waals surface area contributed by atoms with Crippen LogP contribution in [-0.2, 0) is 11.2 Å². The van der Waals surface area contributed by atoms with E-state index < -0.39 is 33.8 Å². The van der Waals surface area contributed by atoms with Gasteiger partial charge in [0.1, 0.15) is 0 Å². The van der Waals surface area contributed by atoms with Gasteiger partial charge in [-0.15, -0.1) is 0 Å². The quantitative estimate of drug-likeness (QED) is 0.645. The van der Waals surface area contributed by atoms with Crippen molar-refractivity contribution in [2.45, 2.75) is 6.42 Å². The molecule has 0 bridgehead atoms. The van der Waals surface area contributed by atoms with E-state index in [1.807, 2.05) is 0 Å². The second-order valence-corrected chi connectivity index (χ2v) is 3.63. The van der Waals surface area contributed by atoms with Gasteiger partial charge in [0.15, 0.2) is 5.75 Å². The van der Waals surface area contributed by atoms with Gasteiger partial charge in [-0.3, -0.25) is 14.9 Å². The van der Waals surface area contributed by atoms with Gasteiger partial charge in [0.2, 0.25) is 0 Å². The van der Waals surface area contributed by atoms with Crippen LogP contribution < -0.4 is 0 Å². The number of carbonyl (C=O) groups is 1. The minimum absolute atomic E-state index is 0.277. The number of hydrogen-bond acceptors (Lipinski definition) is 4. The predicted octanol–water partition coefficient (Wildman–Crippen LogP) is 2.23. The molecule has 0 unspecified atom stereocenters. The van der Waals surface area contributed by atoms with E-state index in [4.69, 9.17) is 28.3 Å². The molecule has 0 atom stereocenters. The third-order valence-corrected chi connectivity index (χ3v) is 2.49. The minimum atomic E-state index is -1.30. The topological polar surface area (TPSA) is 101 Å². The molecule has 0 radical (unpaired) electrons. The number of aromatic hydroxyl groups is 1. The van der Waals surface area contributed by atoms with Crippen molar-refractivity contribution in [2.75, 3.05) is 0 Å². The van der Waals surface area contributed by atoms with Gasteiger partial charge < -0.3 is 10.2 Å². The Bertz CT molecular complexity index is 474. The molecule has 0 aliphatic heterocycles. The summed E-state index contributed by atoms with van der Waals surface area (Å²) in [6.07, 6.45) is -0.667. The van der Waals surface area contributed by atoms with Gasteiger partial charge in [-0.1, -0.05) is 23.2 Å². The number of halogens is 2. The molecule has 0 aliphatic carbocycles. The first kappa shape index (κ1) is 12.5. The summed E-state index contributed by atoms with van der Waals surface area (Å²) in [6, 6.07) is 0.862. The van der Waals surface area contributed by atoms with E-state index in [2.05, 4.69) is 0 Å². The zero-order valence-electron chi connectivity index (χ0n) is 7.61. The van der Waals surface area contributed by atoms with Crippen LogP contribution in [0.3, 0.4) is 0 Å². The summed E-state index contributed by atoms with van der Waals surface area (Å²) < 4.78 is 0. The van der Waals surface area contributed by atoms with Crippen LogP contribution in [0.15, 0.2) is 6.07 Å². The zero-order valence-corrected chi connectivity index (χ0v) is 9.12. The van der Waals surface area contributed by atoms with E-state index in [9.17, 15) is 20.0 Å². The molecule has 0 fully saturated rings. The Morgan fingerprint density at radius 2 is 2.06 bits per heavy atom. The standard InChI is InChI=1S/C8H5Cl2NO5/c9-4-2-5(11(15)16)3(1-6(12)13)7(10)8(4)14/h2,14H,1H2,(H,12,13). The summed E-state index contributed by atoms with van der Waals surface area (Å²) in [5.41, 5.74) is -0.809. The molecule has 6 nitrogen and oxygen atoms in total. The molecular formula is C8H5Cl2NO5. The normalized spacial score (nSPS) is 10.1. The van der Waals surface area contributed by atoms with E-state index in [1.165, 1.54) is 0 Å². The van der Waals surface area contributed by atoms with Crippen molar-refractivity contribution in [2.24, 2.45) is 0 Å². The lowest BCUT2D eigenvalue weighted by atomic mass is 10.1. The Kier molecular flexibility index (Phi) is 3.56. The molecule has 16 heavy (non-hydrogen) atoms. The fraction of sp³-hybridized carbons (Fsp3) is 0.125. The van der Waals surface area contributed by atoms with E-state index in [0.29, 0.717) is 0 Å². The lowest BCUT2D eigenvalue weighted by Crippen LogP contribution is -2.04. The Morgan fingerprint density at radius 3 is 2.50 bits per heavy atom. The molecule has 0 saturated heterocycles. The average Bonchev–Trinajstić information content (AvgIpc) is 2.17. The Labute approximate surface area is 99.2 Å². The highest BCUT2D eigenvalue weighted by atomic mass is 35.5. The van der Waals surface area contributed by atoms with Gasteiger partial charge in [-0.2, -0.15) is 0 Å². The second kappa shape index (κ2) is 4.54. The molecule has 0 spiro atoms. The van der Waals surface area contributed by atoms with Crippen molar-refractivity contribution in [3.05, 3.63) is 31.8 Å². The van der Waals surface area contributed by atoms with Crippen molar-refractivity contribution in [1.82, 2.24) is 0 Å². The van der Waals surface area contributed by atoms with Crippen molar-refractivity contribution >= 4 is 34.9 Å². The van der Waals surface area contributed by atoms with Crippen LogP contribution in [-0.4, -0.2) is 21.1 Å². The summed E-state index contributed by atoms with van der Waals surface area (Å²) in [5, 5.41) is 27.8. The van der Waals surface area contributed by atoms with E-state index >= 15 is 0 Å². The number of carboxylic acids is 1. The average molecular weight is 266 g/mol. The first-order valence-electron chi connectivity index (χ1n) is 3.90. The van der Waals surface area contributed by atoms with Gasteiger partial charge >= 0.3 is 5.97 Å². The molecule has 1 aromatic carbocycles. The smallest absolute Gasteiger partial charge is 0.308 e. The van der Waals surface area contributed by atoms with E-state index in [0.717, 1.165) is 6.07 Å². The van der Waals surface area contributed by atoms with Crippen LogP contribution >= 0.6 is 23.2 Å². The molecule has 0 aliphatic rings. The minimum Gasteiger partial charge on any atom is -0.505 e. The molecular weight excluding hydrogens is 261 g/mol. The summed E-state index contributed by atoms with van der Waals surface area (Å²) in [5.74, 6) is -1.86. The fourth-order valence-electron chi connectivity index (χ4n) is 1.12. The highest BCUT2D eigenvalue weighted by Crippen LogP contribution is 2.40. The first-order chi connectivity index (χ1) is 7.34. The SMILES string of the molecule is O=C(O)Cc1c([N+](=O)[O-])cc(Cl)c(O)c1Cl. The van der Waals surface area contributed by atoms with Crippen LogP contribution in [0, 0.1) is 10.1 Å². The van der Waals surface area contributed by atoms with Crippen molar-refractivity contribution in [3.8, 4) is 5.75 Å². The summed E-state index contributed by atoms with van der Waals surface area (Å²) in [6.45, 7) is 0. The number of rotatable bonds is 3. The summed E-state index contributed by atoms with van der Waals surface area (Å²) in [7, 11) is 0. The molecule has 0 aromatic heterocycles. The number of benzene rings is 1. The number of phenols is 1. The molecule has 0 amide bonds. The maximum Gasteiger partial charge on any atom is 0.308 e. The lowest BCUT2D eigenvalue weighted by molar-refractivity contribution is -0.385. The first-order valence-corrected chi connectivity index (χ1v) is 4.66. The van der Waals surface area contributed by atoms with Gasteiger partial charge in [0.05, 0.1) is 27.0 Å². The molecule has 1 aromatic rings. The number of nitro benzene ring substituents is 1. The number of carboxylic acid groups (broad SMARTS) is 1. The summed E-state index contributed by atoms with van der Waals surface area (Å²) >= 11 is 11.1. The highest BCUT2D eigenvalue weighted by molar-refractivity contribution is 6.38. The molecule has 1 rings (SSSR count). The Hall–Kier alpha value is -1.53. The predicted molar refractivity (Wildman–Crippen MR) is 56.1 cm³/mol. The zero-order chi connectivity index (χ0) is 12.5. The molecule has 86 valence electrons. The Balaban J connectivity index is 3.47. The largest absolute Gasteiger partial charge is 0.505 e. The third-order valence-electron chi connectivity index (χ3n) is 1.80.